The molecule has 6 rings (SSSR count). The zero-order chi connectivity index (χ0) is 31.6. The standard InChI is InChI=1S/C29H21F3N4O7S/c1-14-34-26(16-4-6-23-24(11-16)43-29(31,32)42-23)27(41-14)18-9-15(3-5-22(18)36-8-7-21(35-36)28(33)38)17-10-20(30)19(13-37)25(12-17)44(2,39)40/h3-12,37H,13H2,1-2H3,(H2,33,38). The maximum Gasteiger partial charge on any atom is 0.586 e. The van der Waals surface area contributed by atoms with Crippen molar-refractivity contribution in [2.24, 2.45) is 5.73 Å². The van der Waals surface area contributed by atoms with E-state index in [1.807, 2.05) is 0 Å². The van der Waals surface area contributed by atoms with Gasteiger partial charge in [-0.25, -0.2) is 22.5 Å². The average molecular weight is 627 g/mol. The molecule has 0 saturated carbocycles. The number of primary amides is 1. The fourth-order valence-electron chi connectivity index (χ4n) is 4.85. The third-order valence-electron chi connectivity index (χ3n) is 6.78. The van der Waals surface area contributed by atoms with Crippen LogP contribution in [0, 0.1) is 12.7 Å². The number of hydrogen-bond acceptors (Lipinski definition) is 9. The van der Waals surface area contributed by atoms with E-state index in [4.69, 9.17) is 10.2 Å². The number of carbonyl (C=O) groups excluding carboxylic acids is 1. The topological polar surface area (TPSA) is 160 Å². The summed E-state index contributed by atoms with van der Waals surface area (Å²) >= 11 is 0. The van der Waals surface area contributed by atoms with Crippen LogP contribution in [0.5, 0.6) is 11.5 Å². The van der Waals surface area contributed by atoms with Gasteiger partial charge in [-0.3, -0.25) is 4.79 Å². The van der Waals surface area contributed by atoms with Crippen molar-refractivity contribution in [3.63, 3.8) is 0 Å². The first kappa shape index (κ1) is 28.9. The van der Waals surface area contributed by atoms with Gasteiger partial charge < -0.3 is 24.7 Å². The van der Waals surface area contributed by atoms with Gasteiger partial charge >= 0.3 is 6.29 Å². The predicted molar refractivity (Wildman–Crippen MR) is 148 cm³/mol. The summed E-state index contributed by atoms with van der Waals surface area (Å²) in [4.78, 5) is 15.8. The molecular formula is C29H21F3N4O7S. The molecule has 0 atom stereocenters. The molecule has 0 aliphatic carbocycles. The van der Waals surface area contributed by atoms with Crippen molar-refractivity contribution in [2.75, 3.05) is 6.26 Å². The minimum absolute atomic E-state index is 0.0369. The van der Waals surface area contributed by atoms with Crippen LogP contribution in [0.2, 0.25) is 0 Å². The van der Waals surface area contributed by atoms with Crippen LogP contribution >= 0.6 is 0 Å². The van der Waals surface area contributed by atoms with Crippen molar-refractivity contribution in [2.45, 2.75) is 24.7 Å². The lowest BCUT2D eigenvalue weighted by molar-refractivity contribution is -0.286. The highest BCUT2D eigenvalue weighted by molar-refractivity contribution is 7.90. The van der Waals surface area contributed by atoms with Gasteiger partial charge in [0.15, 0.2) is 33.0 Å². The Kier molecular flexibility index (Phi) is 6.74. The third-order valence-corrected chi connectivity index (χ3v) is 7.95. The van der Waals surface area contributed by atoms with Crippen molar-refractivity contribution < 1.29 is 45.4 Å². The van der Waals surface area contributed by atoms with E-state index in [2.05, 4.69) is 19.6 Å². The second kappa shape index (κ2) is 10.2. The number of nitrogens with two attached hydrogens (primary N) is 1. The number of carbonyl (C=O) groups is 1. The van der Waals surface area contributed by atoms with Crippen LogP contribution in [-0.2, 0) is 16.4 Å². The molecule has 0 fully saturated rings. The van der Waals surface area contributed by atoms with E-state index in [1.54, 1.807) is 25.1 Å². The van der Waals surface area contributed by atoms with Gasteiger partial charge in [0.1, 0.15) is 17.2 Å². The van der Waals surface area contributed by atoms with Crippen molar-refractivity contribution in [3.05, 3.63) is 83.8 Å². The number of alkyl halides is 2. The number of aromatic nitrogens is 3. The Labute approximate surface area is 247 Å². The number of oxazole rings is 1. The van der Waals surface area contributed by atoms with E-state index in [9.17, 15) is 27.1 Å². The van der Waals surface area contributed by atoms with Crippen LogP contribution in [0.15, 0.2) is 70.1 Å². The van der Waals surface area contributed by atoms with E-state index in [0.717, 1.165) is 12.3 Å². The van der Waals surface area contributed by atoms with Gasteiger partial charge in [0, 0.05) is 36.1 Å². The highest BCUT2D eigenvalue weighted by Gasteiger charge is 2.43. The SMILES string of the molecule is Cc1nc(-c2ccc3c(c2)OC(F)(F)O3)c(-c2cc(-c3cc(F)c(CO)c(S(C)(=O)=O)c3)ccc2-n2ccc(C(N)=O)n2)o1. The van der Waals surface area contributed by atoms with E-state index >= 15 is 4.39 Å². The van der Waals surface area contributed by atoms with Crippen LogP contribution in [0.3, 0.4) is 0 Å². The molecule has 0 radical (unpaired) electrons. The van der Waals surface area contributed by atoms with Gasteiger partial charge in [-0.2, -0.15) is 5.10 Å². The molecular weight excluding hydrogens is 605 g/mol. The molecule has 15 heteroatoms. The van der Waals surface area contributed by atoms with Gasteiger partial charge in [-0.15, -0.1) is 8.78 Å². The predicted octanol–water partition coefficient (Wildman–Crippen LogP) is 4.63. The monoisotopic (exact) mass is 626 g/mol. The lowest BCUT2D eigenvalue weighted by Gasteiger charge is -2.14. The highest BCUT2D eigenvalue weighted by Crippen LogP contribution is 2.45. The number of nitrogens with zero attached hydrogens (tertiary/aromatic N) is 3. The minimum Gasteiger partial charge on any atom is -0.440 e. The summed E-state index contributed by atoms with van der Waals surface area (Å²) in [5.41, 5.74) is 6.66. The lowest BCUT2D eigenvalue weighted by Crippen LogP contribution is -2.25. The van der Waals surface area contributed by atoms with Crippen molar-refractivity contribution in [1.82, 2.24) is 14.8 Å². The van der Waals surface area contributed by atoms with Gasteiger partial charge in [0.05, 0.1) is 17.2 Å². The number of fused-ring (bicyclic) bond motifs is 1. The summed E-state index contributed by atoms with van der Waals surface area (Å²) in [6.45, 7) is 0.737. The first-order valence-corrected chi connectivity index (χ1v) is 14.6. The molecule has 0 unspecified atom stereocenters. The molecule has 0 saturated heterocycles. The quantitative estimate of drug-likeness (QED) is 0.263. The molecule has 3 aromatic carbocycles. The number of aliphatic hydroxyl groups excluding tert-OH is 1. The van der Waals surface area contributed by atoms with Crippen LogP contribution in [0.25, 0.3) is 39.4 Å². The van der Waals surface area contributed by atoms with Gasteiger partial charge in [-0.05, 0) is 59.7 Å². The van der Waals surface area contributed by atoms with Gasteiger partial charge in [0.2, 0.25) is 0 Å². The van der Waals surface area contributed by atoms with Crippen LogP contribution in [0.1, 0.15) is 21.9 Å². The number of rotatable bonds is 7. The van der Waals surface area contributed by atoms with Crippen LogP contribution in [-0.4, -0.2) is 46.7 Å². The Hall–Kier alpha value is -5.15. The molecule has 0 bridgehead atoms. The highest BCUT2D eigenvalue weighted by atomic mass is 32.2. The summed E-state index contributed by atoms with van der Waals surface area (Å²) < 4.78 is 83.8. The number of aliphatic hydroxyl groups is 1. The molecule has 226 valence electrons. The number of aryl methyl sites for hydroxylation is 1. The van der Waals surface area contributed by atoms with Gasteiger partial charge in [-0.1, -0.05) is 6.07 Å². The number of benzene rings is 3. The summed E-state index contributed by atoms with van der Waals surface area (Å²) in [7, 11) is -3.93. The number of ether oxygens (including phenoxy) is 2. The van der Waals surface area contributed by atoms with E-state index in [1.165, 1.54) is 41.2 Å². The lowest BCUT2D eigenvalue weighted by atomic mass is 9.97. The second-order valence-corrected chi connectivity index (χ2v) is 11.8. The molecule has 2 aromatic heterocycles. The van der Waals surface area contributed by atoms with Crippen molar-refractivity contribution in [3.8, 4) is 50.9 Å². The summed E-state index contributed by atoms with van der Waals surface area (Å²) in [5.74, 6) is -1.76. The Morgan fingerprint density at radius 3 is 2.43 bits per heavy atom. The first-order valence-electron chi connectivity index (χ1n) is 12.8. The Bertz CT molecular complexity index is 2090. The number of halogens is 3. The fourth-order valence-corrected chi connectivity index (χ4v) is 5.80. The second-order valence-electron chi connectivity index (χ2n) is 9.85. The Morgan fingerprint density at radius 1 is 1.02 bits per heavy atom. The Morgan fingerprint density at radius 2 is 1.75 bits per heavy atom. The molecule has 0 spiro atoms. The largest absolute Gasteiger partial charge is 0.586 e. The molecule has 3 N–H and O–H groups in total. The zero-order valence-corrected chi connectivity index (χ0v) is 23.7. The third kappa shape index (κ3) is 5.16. The molecule has 44 heavy (non-hydrogen) atoms. The average Bonchev–Trinajstić information content (AvgIpc) is 3.67. The van der Waals surface area contributed by atoms with Gasteiger partial charge in [0.25, 0.3) is 5.91 Å². The maximum absolute atomic E-state index is 15.0. The molecule has 5 aromatic rings. The zero-order valence-electron chi connectivity index (χ0n) is 22.8. The molecule has 1 aliphatic rings. The number of hydrogen-bond donors (Lipinski definition) is 2. The van der Waals surface area contributed by atoms with Crippen molar-refractivity contribution >= 4 is 15.7 Å². The maximum atomic E-state index is 15.0. The number of amides is 1. The summed E-state index contributed by atoms with van der Waals surface area (Å²) in [6.07, 6.45) is -1.46. The van der Waals surface area contributed by atoms with Crippen molar-refractivity contribution in [1.29, 1.82) is 0 Å². The summed E-state index contributed by atoms with van der Waals surface area (Å²) in [6, 6.07) is 12.5. The molecule has 11 nitrogen and oxygen atoms in total. The van der Waals surface area contributed by atoms with E-state index in [-0.39, 0.29) is 50.6 Å². The molecule has 3 heterocycles. The Balaban J connectivity index is 1.57. The minimum atomic E-state index is -3.93. The van der Waals surface area contributed by atoms with E-state index < -0.39 is 34.5 Å². The number of sulfone groups is 1. The normalized spacial score (nSPS) is 13.8. The summed E-state index contributed by atoms with van der Waals surface area (Å²) in [5, 5.41) is 13.8. The van der Waals surface area contributed by atoms with Crippen LogP contribution in [0.4, 0.5) is 13.2 Å². The van der Waals surface area contributed by atoms with Crippen LogP contribution < -0.4 is 15.2 Å². The fraction of sp³-hybridized carbons (Fsp3) is 0.138. The first-order chi connectivity index (χ1) is 20.7. The molecule has 1 aliphatic heterocycles. The van der Waals surface area contributed by atoms with E-state index in [0.29, 0.717) is 22.4 Å². The molecule has 1 amide bonds. The smallest absolute Gasteiger partial charge is 0.440 e.